The van der Waals surface area contributed by atoms with E-state index in [0.29, 0.717) is 21.3 Å². The van der Waals surface area contributed by atoms with E-state index in [1.165, 1.54) is 7.11 Å². The number of aliphatic imine (C=N–C) groups is 1. The lowest BCUT2D eigenvalue weighted by molar-refractivity contribution is 0.0601. The molecule has 0 aliphatic carbocycles. The summed E-state index contributed by atoms with van der Waals surface area (Å²) in [5.41, 5.74) is 1.84. The van der Waals surface area contributed by atoms with Crippen molar-refractivity contribution in [1.29, 1.82) is 0 Å². The lowest BCUT2D eigenvalue weighted by Gasteiger charge is -2.01. The Labute approximate surface area is 126 Å². The van der Waals surface area contributed by atoms with Crippen LogP contribution in [0.4, 0.5) is 5.69 Å². The van der Waals surface area contributed by atoms with Gasteiger partial charge in [0.1, 0.15) is 5.69 Å². The fraction of sp³-hybridized carbons (Fsp3) is 0.0667. The van der Waals surface area contributed by atoms with Crippen molar-refractivity contribution in [3.05, 3.63) is 63.6 Å². The Bertz CT molecular complexity index is 631. The van der Waals surface area contributed by atoms with Gasteiger partial charge in [0.15, 0.2) is 0 Å². The average molecular weight is 308 g/mol. The maximum Gasteiger partial charge on any atom is 0.337 e. The molecule has 0 aliphatic heterocycles. The predicted molar refractivity (Wildman–Crippen MR) is 81.5 cm³/mol. The SMILES string of the molecule is COC(=O)c1ccc(C=Nc2c(Cl)cccc2Cl)cc1. The van der Waals surface area contributed by atoms with Crippen LogP contribution in [0.15, 0.2) is 47.5 Å². The smallest absolute Gasteiger partial charge is 0.337 e. The minimum absolute atomic E-state index is 0.373. The van der Waals surface area contributed by atoms with Gasteiger partial charge in [-0.3, -0.25) is 4.99 Å². The molecule has 0 bridgehead atoms. The zero-order valence-corrected chi connectivity index (χ0v) is 12.2. The first-order valence-electron chi connectivity index (χ1n) is 5.78. The van der Waals surface area contributed by atoms with Crippen LogP contribution in [0.25, 0.3) is 0 Å². The fourth-order valence-electron chi connectivity index (χ4n) is 1.57. The van der Waals surface area contributed by atoms with Gasteiger partial charge in [0.2, 0.25) is 0 Å². The molecule has 0 heterocycles. The van der Waals surface area contributed by atoms with Gasteiger partial charge in [-0.15, -0.1) is 0 Å². The number of ether oxygens (including phenoxy) is 1. The molecule has 20 heavy (non-hydrogen) atoms. The summed E-state index contributed by atoms with van der Waals surface area (Å²) in [7, 11) is 1.34. The largest absolute Gasteiger partial charge is 0.465 e. The Morgan fingerprint density at radius 3 is 2.25 bits per heavy atom. The zero-order chi connectivity index (χ0) is 14.5. The molecule has 0 amide bonds. The quantitative estimate of drug-likeness (QED) is 0.617. The Morgan fingerprint density at radius 2 is 1.70 bits per heavy atom. The van der Waals surface area contributed by atoms with Crippen LogP contribution >= 0.6 is 23.2 Å². The van der Waals surface area contributed by atoms with E-state index in [1.807, 2.05) is 0 Å². The third-order valence-corrected chi connectivity index (χ3v) is 3.22. The van der Waals surface area contributed by atoms with E-state index in [1.54, 1.807) is 48.7 Å². The van der Waals surface area contributed by atoms with Crippen molar-refractivity contribution >= 4 is 41.1 Å². The van der Waals surface area contributed by atoms with Crippen LogP contribution in [-0.4, -0.2) is 19.3 Å². The number of hydrogen-bond donors (Lipinski definition) is 0. The molecule has 0 spiro atoms. The Hall–Kier alpha value is -1.84. The topological polar surface area (TPSA) is 38.7 Å². The molecule has 102 valence electrons. The zero-order valence-electron chi connectivity index (χ0n) is 10.6. The predicted octanol–water partition coefficient (Wildman–Crippen LogP) is 4.53. The number of nitrogens with zero attached hydrogens (tertiary/aromatic N) is 1. The van der Waals surface area contributed by atoms with E-state index < -0.39 is 0 Å². The average Bonchev–Trinajstić information content (AvgIpc) is 2.46. The van der Waals surface area contributed by atoms with E-state index in [0.717, 1.165) is 5.56 Å². The molecule has 2 rings (SSSR count). The molecular formula is C15H11Cl2NO2. The summed E-state index contributed by atoms with van der Waals surface area (Å²) >= 11 is 12.0. The van der Waals surface area contributed by atoms with E-state index >= 15 is 0 Å². The van der Waals surface area contributed by atoms with Crippen molar-refractivity contribution in [2.24, 2.45) is 4.99 Å². The molecule has 2 aromatic rings. The molecule has 0 aromatic heterocycles. The third kappa shape index (κ3) is 3.38. The first-order valence-corrected chi connectivity index (χ1v) is 6.54. The number of rotatable bonds is 3. The van der Waals surface area contributed by atoms with E-state index in [9.17, 15) is 4.79 Å². The summed E-state index contributed by atoms with van der Waals surface area (Å²) in [6, 6.07) is 12.1. The second-order valence-corrected chi connectivity index (χ2v) is 4.76. The number of halogens is 2. The van der Waals surface area contributed by atoms with Crippen LogP contribution in [0.5, 0.6) is 0 Å². The Balaban J connectivity index is 2.22. The highest BCUT2D eigenvalue weighted by atomic mass is 35.5. The van der Waals surface area contributed by atoms with Crippen molar-refractivity contribution in [2.75, 3.05) is 7.11 Å². The maximum absolute atomic E-state index is 11.3. The van der Waals surface area contributed by atoms with Crippen LogP contribution in [0, 0.1) is 0 Å². The van der Waals surface area contributed by atoms with E-state index in [2.05, 4.69) is 9.73 Å². The molecule has 0 atom stereocenters. The number of esters is 1. The monoisotopic (exact) mass is 307 g/mol. The summed E-state index contributed by atoms with van der Waals surface area (Å²) < 4.78 is 4.63. The molecule has 0 unspecified atom stereocenters. The number of carbonyl (C=O) groups excluding carboxylic acids is 1. The number of para-hydroxylation sites is 1. The number of carbonyl (C=O) groups is 1. The summed E-state index contributed by atoms with van der Waals surface area (Å²) in [4.78, 5) is 15.6. The highest BCUT2D eigenvalue weighted by Crippen LogP contribution is 2.32. The van der Waals surface area contributed by atoms with Gasteiger partial charge in [0.25, 0.3) is 0 Å². The number of benzene rings is 2. The Kier molecular flexibility index (Phi) is 4.77. The second-order valence-electron chi connectivity index (χ2n) is 3.94. The molecule has 0 aliphatic rings. The maximum atomic E-state index is 11.3. The highest BCUT2D eigenvalue weighted by molar-refractivity contribution is 6.38. The molecular weight excluding hydrogens is 297 g/mol. The van der Waals surface area contributed by atoms with Crippen LogP contribution in [0.1, 0.15) is 15.9 Å². The van der Waals surface area contributed by atoms with Gasteiger partial charge in [-0.1, -0.05) is 41.4 Å². The van der Waals surface area contributed by atoms with Crippen molar-refractivity contribution in [3.8, 4) is 0 Å². The summed E-state index contributed by atoms with van der Waals surface area (Å²) in [5, 5.41) is 0.972. The van der Waals surface area contributed by atoms with Crippen LogP contribution < -0.4 is 0 Å². The van der Waals surface area contributed by atoms with Gasteiger partial charge in [0, 0.05) is 6.21 Å². The van der Waals surface area contributed by atoms with Crippen molar-refractivity contribution in [3.63, 3.8) is 0 Å². The minimum atomic E-state index is -0.373. The lowest BCUT2D eigenvalue weighted by Crippen LogP contribution is -2.00. The molecule has 3 nitrogen and oxygen atoms in total. The molecule has 0 radical (unpaired) electrons. The van der Waals surface area contributed by atoms with Gasteiger partial charge in [-0.25, -0.2) is 4.79 Å². The van der Waals surface area contributed by atoms with Crippen molar-refractivity contribution in [1.82, 2.24) is 0 Å². The molecule has 0 fully saturated rings. The van der Waals surface area contributed by atoms with Gasteiger partial charge < -0.3 is 4.74 Å². The van der Waals surface area contributed by atoms with Crippen molar-refractivity contribution < 1.29 is 9.53 Å². The van der Waals surface area contributed by atoms with Gasteiger partial charge >= 0.3 is 5.97 Å². The minimum Gasteiger partial charge on any atom is -0.465 e. The Morgan fingerprint density at radius 1 is 1.10 bits per heavy atom. The lowest BCUT2D eigenvalue weighted by atomic mass is 10.1. The third-order valence-electron chi connectivity index (χ3n) is 2.61. The first kappa shape index (κ1) is 14.6. The standard InChI is InChI=1S/C15H11Cl2NO2/c1-20-15(19)11-7-5-10(6-8-11)9-18-14-12(16)3-2-4-13(14)17/h2-9H,1H3. The van der Waals surface area contributed by atoms with Crippen LogP contribution in [0.2, 0.25) is 10.0 Å². The van der Waals surface area contributed by atoms with Crippen LogP contribution in [-0.2, 0) is 4.74 Å². The van der Waals surface area contributed by atoms with Crippen LogP contribution in [0.3, 0.4) is 0 Å². The van der Waals surface area contributed by atoms with Gasteiger partial charge in [-0.2, -0.15) is 0 Å². The molecule has 0 saturated carbocycles. The fourth-order valence-corrected chi connectivity index (χ4v) is 2.07. The second kappa shape index (κ2) is 6.55. The molecule has 5 heteroatoms. The van der Waals surface area contributed by atoms with E-state index in [-0.39, 0.29) is 5.97 Å². The summed E-state index contributed by atoms with van der Waals surface area (Å²) in [5.74, 6) is -0.373. The summed E-state index contributed by atoms with van der Waals surface area (Å²) in [6.45, 7) is 0. The summed E-state index contributed by atoms with van der Waals surface area (Å²) in [6.07, 6.45) is 1.63. The first-order chi connectivity index (χ1) is 9.61. The van der Waals surface area contributed by atoms with Gasteiger partial charge in [-0.05, 0) is 29.8 Å². The molecule has 0 N–H and O–H groups in total. The highest BCUT2D eigenvalue weighted by Gasteiger charge is 2.04. The normalized spacial score (nSPS) is 10.8. The molecule has 0 saturated heterocycles. The number of hydrogen-bond acceptors (Lipinski definition) is 3. The van der Waals surface area contributed by atoms with E-state index in [4.69, 9.17) is 23.2 Å². The number of methoxy groups -OCH3 is 1. The van der Waals surface area contributed by atoms with Gasteiger partial charge in [0.05, 0.1) is 22.7 Å². The van der Waals surface area contributed by atoms with Crippen molar-refractivity contribution in [2.45, 2.75) is 0 Å². The molecule has 2 aromatic carbocycles.